The molecule has 30 heavy (non-hydrogen) atoms. The molecule has 0 aromatic heterocycles. The van der Waals surface area contributed by atoms with E-state index in [1.807, 2.05) is 17.0 Å². The van der Waals surface area contributed by atoms with Crippen molar-refractivity contribution in [2.24, 2.45) is 11.7 Å². The molecule has 8 heteroatoms. The van der Waals surface area contributed by atoms with Gasteiger partial charge < -0.3 is 10.6 Å². The van der Waals surface area contributed by atoms with Crippen molar-refractivity contribution in [1.29, 1.82) is 0 Å². The molecule has 0 spiro atoms. The fourth-order valence-electron chi connectivity index (χ4n) is 5.62. The van der Waals surface area contributed by atoms with Crippen LogP contribution in [0.25, 0.3) is 0 Å². The van der Waals surface area contributed by atoms with Crippen molar-refractivity contribution in [3.05, 3.63) is 34.9 Å². The fraction of sp³-hybridized carbons (Fsp3) is 0.682. The first-order valence-corrected chi connectivity index (χ1v) is 13.2. The first-order valence-electron chi connectivity index (χ1n) is 11.0. The number of halogens is 1. The van der Waals surface area contributed by atoms with E-state index in [-0.39, 0.29) is 28.9 Å². The van der Waals surface area contributed by atoms with Gasteiger partial charge >= 0.3 is 0 Å². The number of carbonyl (C=O) groups is 1. The van der Waals surface area contributed by atoms with Crippen LogP contribution in [-0.2, 0) is 14.6 Å². The van der Waals surface area contributed by atoms with Gasteiger partial charge in [0, 0.05) is 49.2 Å². The van der Waals surface area contributed by atoms with Gasteiger partial charge in [0.15, 0.2) is 9.84 Å². The number of amides is 1. The quantitative estimate of drug-likeness (QED) is 0.756. The van der Waals surface area contributed by atoms with Crippen LogP contribution in [0.1, 0.15) is 43.6 Å². The Bertz CT molecular complexity index is 860. The van der Waals surface area contributed by atoms with Crippen LogP contribution < -0.4 is 5.73 Å². The van der Waals surface area contributed by atoms with Crippen molar-refractivity contribution in [2.75, 3.05) is 44.2 Å². The van der Waals surface area contributed by atoms with Gasteiger partial charge in [-0.25, -0.2) is 8.42 Å². The summed E-state index contributed by atoms with van der Waals surface area (Å²) in [4.78, 5) is 17.7. The Balaban J connectivity index is 1.45. The number of benzene rings is 1. The number of nitrogens with zero attached hydrogens (tertiary/aromatic N) is 2. The largest absolute Gasteiger partial charge is 0.340 e. The van der Waals surface area contributed by atoms with Crippen LogP contribution >= 0.6 is 11.6 Å². The summed E-state index contributed by atoms with van der Waals surface area (Å²) in [5.74, 6) is -0.874. The Kier molecular flexibility index (Phi) is 6.45. The van der Waals surface area contributed by atoms with Crippen LogP contribution in [0.5, 0.6) is 0 Å². The molecule has 2 heterocycles. The number of nitrogens with two attached hydrogens (primary N) is 1. The molecule has 0 bridgehead atoms. The van der Waals surface area contributed by atoms with E-state index in [2.05, 4.69) is 4.90 Å². The summed E-state index contributed by atoms with van der Waals surface area (Å²) < 4.78 is 24.8. The summed E-state index contributed by atoms with van der Waals surface area (Å²) in [7, 11) is -3.24. The molecule has 4 rings (SSSR count). The van der Waals surface area contributed by atoms with Gasteiger partial charge in [0.25, 0.3) is 0 Å². The van der Waals surface area contributed by atoms with Gasteiger partial charge in [0.05, 0.1) is 17.4 Å². The van der Waals surface area contributed by atoms with Gasteiger partial charge in [-0.15, -0.1) is 0 Å². The maximum Gasteiger partial charge on any atom is 0.227 e. The lowest BCUT2D eigenvalue weighted by molar-refractivity contribution is -0.138. The highest BCUT2D eigenvalue weighted by Gasteiger charge is 2.45. The average molecular weight is 454 g/mol. The molecule has 2 atom stereocenters. The van der Waals surface area contributed by atoms with Crippen LogP contribution in [0, 0.1) is 5.92 Å². The zero-order valence-corrected chi connectivity index (χ0v) is 19.0. The first-order chi connectivity index (χ1) is 14.3. The predicted molar refractivity (Wildman–Crippen MR) is 119 cm³/mol. The standard InChI is InChI=1S/C22H32ClN3O3S/c23-18-6-4-17(5-7-18)19-14-30(28,29)15-20(19)21(27)25-10-12-26(13-11-25)22(16-24)8-2-1-3-9-22/h4-7,19-20H,1-3,8-16,24H2/t19-,20+/m0/s1. The van der Waals surface area contributed by atoms with E-state index in [0.717, 1.165) is 31.5 Å². The van der Waals surface area contributed by atoms with Crippen LogP contribution in [-0.4, -0.2) is 73.9 Å². The molecule has 0 unspecified atom stereocenters. The Morgan fingerprint density at radius 3 is 2.27 bits per heavy atom. The molecule has 6 nitrogen and oxygen atoms in total. The Hall–Kier alpha value is -1.15. The summed E-state index contributed by atoms with van der Waals surface area (Å²) in [6.07, 6.45) is 5.99. The van der Waals surface area contributed by atoms with Gasteiger partial charge in [-0.3, -0.25) is 9.69 Å². The van der Waals surface area contributed by atoms with Gasteiger partial charge in [0.1, 0.15) is 0 Å². The smallest absolute Gasteiger partial charge is 0.227 e. The van der Waals surface area contributed by atoms with Crippen molar-refractivity contribution in [1.82, 2.24) is 9.80 Å². The summed E-state index contributed by atoms with van der Waals surface area (Å²) in [6, 6.07) is 7.22. The van der Waals surface area contributed by atoms with E-state index in [0.29, 0.717) is 24.7 Å². The minimum Gasteiger partial charge on any atom is -0.340 e. The Morgan fingerprint density at radius 1 is 1.03 bits per heavy atom. The van der Waals surface area contributed by atoms with Gasteiger partial charge in [-0.2, -0.15) is 0 Å². The third kappa shape index (κ3) is 4.40. The minimum absolute atomic E-state index is 0.0267. The predicted octanol–water partition coefficient (Wildman–Crippen LogP) is 2.27. The third-order valence-corrected chi connectivity index (χ3v) is 9.38. The molecule has 1 aromatic carbocycles. The lowest BCUT2D eigenvalue weighted by Gasteiger charge is -2.49. The number of hydrogen-bond donors (Lipinski definition) is 1. The highest BCUT2D eigenvalue weighted by molar-refractivity contribution is 7.91. The van der Waals surface area contributed by atoms with E-state index in [1.165, 1.54) is 19.3 Å². The maximum absolute atomic E-state index is 13.4. The van der Waals surface area contributed by atoms with E-state index in [9.17, 15) is 13.2 Å². The van der Waals surface area contributed by atoms with Crippen LogP contribution in [0.4, 0.5) is 0 Å². The summed E-state index contributed by atoms with van der Waals surface area (Å²) >= 11 is 5.99. The lowest BCUT2D eigenvalue weighted by Crippen LogP contribution is -2.62. The second-order valence-corrected chi connectivity index (χ2v) is 11.7. The molecule has 166 valence electrons. The van der Waals surface area contributed by atoms with Crippen molar-refractivity contribution < 1.29 is 13.2 Å². The monoisotopic (exact) mass is 453 g/mol. The summed E-state index contributed by atoms with van der Waals surface area (Å²) in [5.41, 5.74) is 7.14. The number of rotatable bonds is 4. The van der Waals surface area contributed by atoms with Crippen LogP contribution in [0.3, 0.4) is 0 Å². The average Bonchev–Trinajstić information content (AvgIpc) is 3.09. The molecular weight excluding hydrogens is 422 g/mol. The second kappa shape index (κ2) is 8.77. The van der Waals surface area contributed by atoms with Crippen molar-refractivity contribution in [3.8, 4) is 0 Å². The third-order valence-electron chi connectivity index (χ3n) is 7.39. The van der Waals surface area contributed by atoms with Gasteiger partial charge in [-0.05, 0) is 30.5 Å². The summed E-state index contributed by atoms with van der Waals surface area (Å²) in [5, 5.41) is 0.607. The normalized spacial score (nSPS) is 29.1. The van der Waals surface area contributed by atoms with E-state index in [1.54, 1.807) is 12.1 Å². The highest BCUT2D eigenvalue weighted by Crippen LogP contribution is 2.37. The second-order valence-electron chi connectivity index (χ2n) is 9.14. The molecule has 3 aliphatic rings. The van der Waals surface area contributed by atoms with Crippen molar-refractivity contribution in [2.45, 2.75) is 43.6 Å². The topological polar surface area (TPSA) is 83.7 Å². The van der Waals surface area contributed by atoms with E-state index in [4.69, 9.17) is 17.3 Å². The van der Waals surface area contributed by atoms with Crippen LogP contribution in [0.15, 0.2) is 24.3 Å². The van der Waals surface area contributed by atoms with Crippen LogP contribution in [0.2, 0.25) is 5.02 Å². The van der Waals surface area contributed by atoms with Crippen molar-refractivity contribution >= 4 is 27.3 Å². The Morgan fingerprint density at radius 2 is 1.67 bits per heavy atom. The maximum atomic E-state index is 13.4. The number of hydrogen-bond acceptors (Lipinski definition) is 5. The van der Waals surface area contributed by atoms with Crippen molar-refractivity contribution in [3.63, 3.8) is 0 Å². The molecular formula is C22H32ClN3O3S. The molecule has 1 amide bonds. The molecule has 2 saturated heterocycles. The lowest BCUT2D eigenvalue weighted by atomic mass is 9.80. The van der Waals surface area contributed by atoms with E-state index < -0.39 is 15.8 Å². The minimum atomic E-state index is -3.24. The molecule has 1 aromatic rings. The Labute approximate surface area is 184 Å². The number of carbonyl (C=O) groups excluding carboxylic acids is 1. The molecule has 2 aliphatic heterocycles. The van der Waals surface area contributed by atoms with E-state index >= 15 is 0 Å². The molecule has 1 aliphatic carbocycles. The zero-order valence-electron chi connectivity index (χ0n) is 17.4. The number of sulfone groups is 1. The zero-order chi connectivity index (χ0) is 21.4. The highest BCUT2D eigenvalue weighted by atomic mass is 35.5. The fourth-order valence-corrected chi connectivity index (χ4v) is 7.78. The molecule has 1 saturated carbocycles. The molecule has 0 radical (unpaired) electrons. The van der Waals surface area contributed by atoms with Gasteiger partial charge in [-0.1, -0.05) is 43.0 Å². The molecule has 3 fully saturated rings. The number of piperazine rings is 1. The van der Waals surface area contributed by atoms with Gasteiger partial charge in [0.2, 0.25) is 5.91 Å². The summed E-state index contributed by atoms with van der Waals surface area (Å²) in [6.45, 7) is 3.58. The SMILES string of the molecule is NCC1(N2CCN(C(=O)[C@@H]3CS(=O)(=O)C[C@H]3c3ccc(Cl)cc3)CC2)CCCCC1. The molecule has 2 N–H and O–H groups in total. The first kappa shape index (κ1) is 22.1.